The van der Waals surface area contributed by atoms with Crippen molar-refractivity contribution < 1.29 is 18.4 Å². The fraction of sp³-hybridized carbons (Fsp3) is 0.368. The van der Waals surface area contributed by atoms with E-state index in [1.807, 2.05) is 52.0 Å². The number of hydrogen-bond acceptors (Lipinski definition) is 3. The molecule has 2 aromatic rings. The number of halogens is 2. The predicted octanol–water partition coefficient (Wildman–Crippen LogP) is 4.36. The van der Waals surface area contributed by atoms with Crippen molar-refractivity contribution in [2.45, 2.75) is 45.5 Å². The van der Waals surface area contributed by atoms with Gasteiger partial charge >= 0.3 is 7.12 Å². The number of hydrogen-bond donors (Lipinski definition) is 0. The number of rotatable bonds is 4. The second-order valence-electron chi connectivity index (χ2n) is 7.19. The van der Waals surface area contributed by atoms with E-state index in [0.29, 0.717) is 10.8 Å². The molecule has 6 heteroatoms. The lowest BCUT2D eigenvalue weighted by molar-refractivity contribution is 0.00578. The van der Waals surface area contributed by atoms with Gasteiger partial charge in [0.2, 0.25) is 0 Å². The molecule has 0 aromatic heterocycles. The molecule has 25 heavy (non-hydrogen) atoms. The Labute approximate surface area is 153 Å². The van der Waals surface area contributed by atoms with E-state index in [4.69, 9.17) is 25.6 Å². The maximum absolute atomic E-state index is 13.1. The van der Waals surface area contributed by atoms with E-state index in [-0.39, 0.29) is 12.4 Å². The molecule has 3 nitrogen and oxygen atoms in total. The lowest BCUT2D eigenvalue weighted by Crippen LogP contribution is -2.41. The minimum absolute atomic E-state index is 0.256. The van der Waals surface area contributed by atoms with Gasteiger partial charge in [-0.25, -0.2) is 4.39 Å². The Morgan fingerprint density at radius 1 is 1.04 bits per heavy atom. The monoisotopic (exact) mass is 362 g/mol. The zero-order chi connectivity index (χ0) is 18.2. The van der Waals surface area contributed by atoms with Gasteiger partial charge in [-0.1, -0.05) is 29.8 Å². The minimum atomic E-state index is -0.442. The Morgan fingerprint density at radius 3 is 2.36 bits per heavy atom. The third-order valence-corrected chi connectivity index (χ3v) is 5.14. The summed E-state index contributed by atoms with van der Waals surface area (Å²) in [7, 11) is -0.442. The van der Waals surface area contributed by atoms with Crippen molar-refractivity contribution in [3.05, 3.63) is 58.9 Å². The molecule has 0 aliphatic carbocycles. The second kappa shape index (κ2) is 6.63. The highest BCUT2D eigenvalue weighted by Crippen LogP contribution is 2.36. The second-order valence-corrected chi connectivity index (χ2v) is 7.59. The summed E-state index contributed by atoms with van der Waals surface area (Å²) in [5.74, 6) is 0.309. The summed E-state index contributed by atoms with van der Waals surface area (Å²) < 4.78 is 31.0. The summed E-state index contributed by atoms with van der Waals surface area (Å²) >= 11 is 6.03. The topological polar surface area (TPSA) is 27.7 Å². The quantitative estimate of drug-likeness (QED) is 0.757. The van der Waals surface area contributed by atoms with Crippen LogP contribution in [0.4, 0.5) is 4.39 Å². The van der Waals surface area contributed by atoms with Crippen LogP contribution in [-0.4, -0.2) is 18.3 Å². The van der Waals surface area contributed by atoms with Crippen molar-refractivity contribution in [2.75, 3.05) is 0 Å². The SMILES string of the molecule is CC1(C)OB(c2cccc(OCc3ccc(F)cc3Cl)c2)OC1(C)C. The normalized spacial score (nSPS) is 18.4. The molecule has 1 aliphatic heterocycles. The van der Waals surface area contributed by atoms with Gasteiger partial charge in [0.1, 0.15) is 18.2 Å². The first-order chi connectivity index (χ1) is 11.7. The van der Waals surface area contributed by atoms with Crippen LogP contribution in [0.2, 0.25) is 5.02 Å². The first-order valence-electron chi connectivity index (χ1n) is 8.20. The number of ether oxygens (including phenoxy) is 1. The van der Waals surface area contributed by atoms with E-state index in [1.54, 1.807) is 6.07 Å². The molecule has 0 spiro atoms. The first kappa shape index (κ1) is 18.2. The lowest BCUT2D eigenvalue weighted by Gasteiger charge is -2.32. The summed E-state index contributed by atoms with van der Waals surface area (Å²) in [4.78, 5) is 0. The van der Waals surface area contributed by atoms with Gasteiger partial charge in [-0.2, -0.15) is 0 Å². The summed E-state index contributed by atoms with van der Waals surface area (Å²) in [5, 5.41) is 0.349. The highest BCUT2D eigenvalue weighted by Gasteiger charge is 2.51. The lowest BCUT2D eigenvalue weighted by atomic mass is 9.79. The van der Waals surface area contributed by atoms with Gasteiger partial charge < -0.3 is 14.0 Å². The van der Waals surface area contributed by atoms with Crippen LogP contribution in [0.15, 0.2) is 42.5 Å². The van der Waals surface area contributed by atoms with E-state index in [1.165, 1.54) is 12.1 Å². The fourth-order valence-corrected chi connectivity index (χ4v) is 2.75. The van der Waals surface area contributed by atoms with Crippen molar-refractivity contribution in [1.29, 1.82) is 0 Å². The van der Waals surface area contributed by atoms with E-state index < -0.39 is 18.3 Å². The molecule has 1 aliphatic rings. The van der Waals surface area contributed by atoms with Crippen LogP contribution in [0, 0.1) is 5.82 Å². The minimum Gasteiger partial charge on any atom is -0.489 e. The highest BCUT2D eigenvalue weighted by atomic mass is 35.5. The molecule has 0 amide bonds. The van der Waals surface area contributed by atoms with Crippen molar-refractivity contribution in [3.63, 3.8) is 0 Å². The van der Waals surface area contributed by atoms with Crippen LogP contribution in [0.5, 0.6) is 5.75 Å². The highest BCUT2D eigenvalue weighted by molar-refractivity contribution is 6.62. The summed E-state index contributed by atoms with van der Waals surface area (Å²) in [6.07, 6.45) is 0. The molecular weight excluding hydrogens is 341 g/mol. The Balaban J connectivity index is 1.72. The van der Waals surface area contributed by atoms with E-state index >= 15 is 0 Å². The molecule has 0 unspecified atom stereocenters. The van der Waals surface area contributed by atoms with Crippen molar-refractivity contribution in [1.82, 2.24) is 0 Å². The van der Waals surface area contributed by atoms with Gasteiger partial charge in [0.25, 0.3) is 0 Å². The molecule has 1 saturated heterocycles. The Hall–Kier alpha value is -1.56. The van der Waals surface area contributed by atoms with Gasteiger partial charge in [-0.05, 0) is 57.4 Å². The molecular formula is C19H21BClFO3. The molecule has 0 radical (unpaired) electrons. The van der Waals surface area contributed by atoms with Crippen molar-refractivity contribution in [2.24, 2.45) is 0 Å². The molecule has 0 atom stereocenters. The zero-order valence-corrected chi connectivity index (χ0v) is 15.6. The molecule has 132 valence electrons. The van der Waals surface area contributed by atoms with Gasteiger partial charge in [0, 0.05) is 5.56 Å². The summed E-state index contributed by atoms with van der Waals surface area (Å²) in [6, 6.07) is 11.8. The molecule has 1 heterocycles. The van der Waals surface area contributed by atoms with E-state index in [2.05, 4.69) is 0 Å². The van der Waals surface area contributed by atoms with Gasteiger partial charge in [0.05, 0.1) is 16.2 Å². The Morgan fingerprint density at radius 2 is 1.72 bits per heavy atom. The Kier molecular flexibility index (Phi) is 4.84. The molecule has 1 fully saturated rings. The average molecular weight is 363 g/mol. The number of benzene rings is 2. The smallest absolute Gasteiger partial charge is 0.489 e. The maximum Gasteiger partial charge on any atom is 0.494 e. The van der Waals surface area contributed by atoms with Crippen LogP contribution >= 0.6 is 11.6 Å². The standard InChI is InChI=1S/C19H21BClFO3/c1-18(2)19(3,4)25-20(24-18)14-6-5-7-16(10-14)23-12-13-8-9-15(22)11-17(13)21/h5-11H,12H2,1-4H3. The van der Waals surface area contributed by atoms with Gasteiger partial charge in [-0.15, -0.1) is 0 Å². The largest absolute Gasteiger partial charge is 0.494 e. The van der Waals surface area contributed by atoms with Gasteiger partial charge in [-0.3, -0.25) is 0 Å². The Bertz CT molecular complexity index is 763. The third-order valence-electron chi connectivity index (χ3n) is 4.79. The van der Waals surface area contributed by atoms with Crippen LogP contribution in [-0.2, 0) is 15.9 Å². The summed E-state index contributed by atoms with van der Waals surface area (Å²) in [6.45, 7) is 8.33. The van der Waals surface area contributed by atoms with Crippen LogP contribution in [0.1, 0.15) is 33.3 Å². The first-order valence-corrected chi connectivity index (χ1v) is 8.58. The molecule has 0 bridgehead atoms. The molecule has 0 N–H and O–H groups in total. The molecule has 2 aromatic carbocycles. The zero-order valence-electron chi connectivity index (χ0n) is 14.8. The summed E-state index contributed by atoms with van der Waals surface area (Å²) in [5.41, 5.74) is 0.831. The average Bonchev–Trinajstić information content (AvgIpc) is 2.75. The van der Waals surface area contributed by atoms with Crippen molar-refractivity contribution >= 4 is 24.2 Å². The van der Waals surface area contributed by atoms with Crippen LogP contribution in [0.25, 0.3) is 0 Å². The molecule has 3 rings (SSSR count). The van der Waals surface area contributed by atoms with Crippen LogP contribution in [0.3, 0.4) is 0 Å². The van der Waals surface area contributed by atoms with E-state index in [9.17, 15) is 4.39 Å². The van der Waals surface area contributed by atoms with Crippen molar-refractivity contribution in [3.8, 4) is 5.75 Å². The van der Waals surface area contributed by atoms with Gasteiger partial charge in [0.15, 0.2) is 0 Å². The van der Waals surface area contributed by atoms with Crippen LogP contribution < -0.4 is 10.2 Å². The van der Waals surface area contributed by atoms with E-state index in [0.717, 1.165) is 11.0 Å². The maximum atomic E-state index is 13.1. The fourth-order valence-electron chi connectivity index (χ4n) is 2.53. The molecule has 0 saturated carbocycles. The third kappa shape index (κ3) is 3.84. The predicted molar refractivity (Wildman–Crippen MR) is 97.9 cm³/mol.